The summed E-state index contributed by atoms with van der Waals surface area (Å²) < 4.78 is 4.83. The molecule has 0 bridgehead atoms. The molecule has 0 saturated heterocycles. The van der Waals surface area contributed by atoms with Gasteiger partial charge in [0.05, 0.1) is 13.0 Å². The highest BCUT2D eigenvalue weighted by Gasteiger charge is 2.29. The van der Waals surface area contributed by atoms with E-state index in [9.17, 15) is 19.5 Å². The van der Waals surface area contributed by atoms with E-state index in [0.29, 0.717) is 5.56 Å². The Morgan fingerprint density at radius 1 is 1.16 bits per heavy atom. The largest absolute Gasteiger partial charge is 0.480 e. The molecule has 25 heavy (non-hydrogen) atoms. The Kier molecular flexibility index (Phi) is 7.15. The summed E-state index contributed by atoms with van der Waals surface area (Å²) in [4.78, 5) is 35.4. The molecule has 1 aromatic carbocycles. The normalized spacial score (nSPS) is 13.6. The number of hydrogen-bond donors (Lipinski definition) is 2. The first-order chi connectivity index (χ1) is 11.6. The first-order valence-electron chi connectivity index (χ1n) is 8.36. The number of ether oxygens (including phenoxy) is 1. The highest BCUT2D eigenvalue weighted by Crippen LogP contribution is 2.22. The zero-order chi connectivity index (χ0) is 19.2. The van der Waals surface area contributed by atoms with Crippen molar-refractivity contribution >= 4 is 17.8 Å². The van der Waals surface area contributed by atoms with Crippen LogP contribution in [0.15, 0.2) is 24.3 Å². The summed E-state index contributed by atoms with van der Waals surface area (Å²) in [6.07, 6.45) is -0.0753. The molecule has 1 rings (SSSR count). The van der Waals surface area contributed by atoms with E-state index in [-0.39, 0.29) is 18.4 Å². The fraction of sp³-hybridized carbons (Fsp3) is 0.526. The van der Waals surface area contributed by atoms with Gasteiger partial charge >= 0.3 is 11.9 Å². The van der Waals surface area contributed by atoms with E-state index < -0.39 is 29.8 Å². The molecular weight excluding hydrogens is 322 g/mol. The fourth-order valence-electron chi connectivity index (χ4n) is 2.39. The highest BCUT2D eigenvalue weighted by molar-refractivity contribution is 5.96. The number of carboxylic acid groups (broad SMARTS) is 1. The molecule has 0 unspecified atom stereocenters. The monoisotopic (exact) mass is 349 g/mol. The van der Waals surface area contributed by atoms with Crippen molar-refractivity contribution in [1.82, 2.24) is 5.32 Å². The van der Waals surface area contributed by atoms with Gasteiger partial charge in [-0.15, -0.1) is 0 Å². The Balaban J connectivity index is 2.82. The van der Waals surface area contributed by atoms with Gasteiger partial charge in [-0.1, -0.05) is 39.8 Å². The average Bonchev–Trinajstić information content (AvgIpc) is 2.51. The van der Waals surface area contributed by atoms with E-state index in [1.165, 1.54) is 0 Å². The first-order valence-corrected chi connectivity index (χ1v) is 8.36. The summed E-state index contributed by atoms with van der Waals surface area (Å²) >= 11 is 0. The molecular formula is C19H27NO5. The molecule has 138 valence electrons. The van der Waals surface area contributed by atoms with E-state index in [2.05, 4.69) is 26.1 Å². The van der Waals surface area contributed by atoms with Crippen LogP contribution >= 0.6 is 0 Å². The smallest absolute Gasteiger partial charge is 0.326 e. The van der Waals surface area contributed by atoms with E-state index in [4.69, 9.17) is 4.74 Å². The topological polar surface area (TPSA) is 92.7 Å². The number of nitrogens with one attached hydrogen (secondary N) is 1. The summed E-state index contributed by atoms with van der Waals surface area (Å²) in [6, 6.07) is 5.88. The molecule has 0 radical (unpaired) electrons. The van der Waals surface area contributed by atoms with Crippen LogP contribution in [0, 0.1) is 5.92 Å². The van der Waals surface area contributed by atoms with Crippen LogP contribution in [0.1, 0.15) is 57.0 Å². The van der Waals surface area contributed by atoms with Crippen molar-refractivity contribution < 1.29 is 24.2 Å². The second-order valence-electron chi connectivity index (χ2n) is 7.10. The molecule has 1 amide bonds. The Morgan fingerprint density at radius 2 is 1.72 bits per heavy atom. The minimum Gasteiger partial charge on any atom is -0.480 e. The van der Waals surface area contributed by atoms with Crippen LogP contribution in [-0.2, 0) is 19.7 Å². The minimum absolute atomic E-state index is 0.0350. The maximum atomic E-state index is 12.3. The number of amides is 1. The van der Waals surface area contributed by atoms with Gasteiger partial charge in [-0.25, -0.2) is 4.79 Å². The van der Waals surface area contributed by atoms with Gasteiger partial charge in [0.25, 0.3) is 5.91 Å². The van der Waals surface area contributed by atoms with Crippen molar-refractivity contribution in [3.8, 4) is 0 Å². The standard InChI is InChI=1S/C19H27NO5/c1-6-25-15(21)11-12(2)16(18(23)24)20-17(22)13-7-9-14(10-8-13)19(3,4)5/h7-10,12,16H,6,11H2,1-5H3,(H,20,22)(H,23,24)/t12-,16-/m1/s1. The predicted octanol–water partition coefficient (Wildman–Crippen LogP) is 2.76. The van der Waals surface area contributed by atoms with Crippen LogP contribution in [-0.4, -0.2) is 35.6 Å². The van der Waals surface area contributed by atoms with Crippen LogP contribution < -0.4 is 5.32 Å². The van der Waals surface area contributed by atoms with Gasteiger partial charge in [-0.3, -0.25) is 9.59 Å². The zero-order valence-electron chi connectivity index (χ0n) is 15.5. The van der Waals surface area contributed by atoms with Crippen LogP contribution in [0.25, 0.3) is 0 Å². The Morgan fingerprint density at radius 3 is 2.16 bits per heavy atom. The number of aliphatic carboxylic acids is 1. The zero-order valence-corrected chi connectivity index (χ0v) is 15.5. The van der Waals surface area contributed by atoms with E-state index in [0.717, 1.165) is 5.56 Å². The molecule has 0 aliphatic carbocycles. The number of carboxylic acids is 1. The van der Waals surface area contributed by atoms with Crippen LogP contribution in [0.5, 0.6) is 0 Å². The van der Waals surface area contributed by atoms with Gasteiger partial charge in [-0.05, 0) is 36.0 Å². The van der Waals surface area contributed by atoms with Crippen LogP contribution in [0.3, 0.4) is 0 Å². The molecule has 0 spiro atoms. The van der Waals surface area contributed by atoms with Gasteiger partial charge in [0.1, 0.15) is 6.04 Å². The number of rotatable bonds is 7. The molecule has 0 aliphatic heterocycles. The van der Waals surface area contributed by atoms with Crippen molar-refractivity contribution in [1.29, 1.82) is 0 Å². The second-order valence-corrected chi connectivity index (χ2v) is 7.10. The fourth-order valence-corrected chi connectivity index (χ4v) is 2.39. The number of benzene rings is 1. The lowest BCUT2D eigenvalue weighted by Gasteiger charge is -2.21. The lowest BCUT2D eigenvalue weighted by molar-refractivity contribution is -0.145. The molecule has 6 heteroatoms. The highest BCUT2D eigenvalue weighted by atomic mass is 16.5. The van der Waals surface area contributed by atoms with Crippen molar-refractivity contribution in [2.45, 2.75) is 52.5 Å². The molecule has 0 saturated carbocycles. The summed E-state index contributed by atoms with van der Waals surface area (Å²) in [7, 11) is 0. The summed E-state index contributed by atoms with van der Waals surface area (Å²) in [5, 5.41) is 11.9. The third-order valence-corrected chi connectivity index (χ3v) is 3.93. The number of esters is 1. The quantitative estimate of drug-likeness (QED) is 0.738. The summed E-state index contributed by atoms with van der Waals surface area (Å²) in [5.74, 6) is -2.74. The lowest BCUT2D eigenvalue weighted by atomic mass is 9.86. The molecule has 0 aromatic heterocycles. The Hall–Kier alpha value is -2.37. The van der Waals surface area contributed by atoms with Gasteiger partial charge < -0.3 is 15.2 Å². The molecule has 0 fully saturated rings. The Bertz CT molecular complexity index is 616. The van der Waals surface area contributed by atoms with E-state index in [1.54, 1.807) is 26.0 Å². The molecule has 2 N–H and O–H groups in total. The van der Waals surface area contributed by atoms with Crippen molar-refractivity contribution in [2.75, 3.05) is 6.61 Å². The van der Waals surface area contributed by atoms with Gasteiger partial charge in [0, 0.05) is 5.56 Å². The van der Waals surface area contributed by atoms with Crippen molar-refractivity contribution in [2.24, 2.45) is 5.92 Å². The maximum absolute atomic E-state index is 12.3. The number of carbonyl (C=O) groups excluding carboxylic acids is 2. The average molecular weight is 349 g/mol. The van der Waals surface area contributed by atoms with Gasteiger partial charge in [0.2, 0.25) is 0 Å². The third-order valence-electron chi connectivity index (χ3n) is 3.93. The molecule has 0 aliphatic rings. The molecule has 0 heterocycles. The van der Waals surface area contributed by atoms with Crippen molar-refractivity contribution in [3.05, 3.63) is 35.4 Å². The molecule has 6 nitrogen and oxygen atoms in total. The molecule has 2 atom stereocenters. The lowest BCUT2D eigenvalue weighted by Crippen LogP contribution is -2.45. The predicted molar refractivity (Wildman–Crippen MR) is 94.4 cm³/mol. The minimum atomic E-state index is -1.18. The Labute approximate surface area is 148 Å². The third kappa shape index (κ3) is 6.21. The first kappa shape index (κ1) is 20.7. The summed E-state index contributed by atoms with van der Waals surface area (Å²) in [5.41, 5.74) is 1.42. The number of carbonyl (C=O) groups is 3. The van der Waals surface area contributed by atoms with E-state index >= 15 is 0 Å². The van der Waals surface area contributed by atoms with Gasteiger partial charge in [0.15, 0.2) is 0 Å². The van der Waals surface area contributed by atoms with Crippen LogP contribution in [0.2, 0.25) is 0 Å². The number of hydrogen-bond acceptors (Lipinski definition) is 4. The second kappa shape index (κ2) is 8.65. The SMILES string of the molecule is CCOC(=O)C[C@@H](C)[C@@H](NC(=O)c1ccc(C(C)(C)C)cc1)C(=O)O. The maximum Gasteiger partial charge on any atom is 0.326 e. The van der Waals surface area contributed by atoms with Crippen LogP contribution in [0.4, 0.5) is 0 Å². The summed E-state index contributed by atoms with van der Waals surface area (Å²) in [6.45, 7) is 9.72. The van der Waals surface area contributed by atoms with Gasteiger partial charge in [-0.2, -0.15) is 0 Å². The van der Waals surface area contributed by atoms with Crippen molar-refractivity contribution in [3.63, 3.8) is 0 Å². The molecule has 1 aromatic rings. The van der Waals surface area contributed by atoms with E-state index in [1.807, 2.05) is 12.1 Å².